The highest BCUT2D eigenvalue weighted by Crippen LogP contribution is 2.13. The Labute approximate surface area is 127 Å². The summed E-state index contributed by atoms with van der Waals surface area (Å²) in [4.78, 5) is 0. The molecule has 21 heavy (non-hydrogen) atoms. The SMILES string of the molecule is COC(C)(C)CCOCCOc1cccc(C#CCN)c1. The average Bonchev–Trinajstić information content (AvgIpc) is 2.49. The van der Waals surface area contributed by atoms with Crippen LogP contribution in [0.1, 0.15) is 25.8 Å². The van der Waals surface area contributed by atoms with E-state index in [1.165, 1.54) is 0 Å². The van der Waals surface area contributed by atoms with Gasteiger partial charge < -0.3 is 19.9 Å². The first-order valence-electron chi connectivity index (χ1n) is 7.12. The first kappa shape index (κ1) is 17.5. The topological polar surface area (TPSA) is 53.7 Å². The van der Waals surface area contributed by atoms with E-state index in [1.807, 2.05) is 38.1 Å². The van der Waals surface area contributed by atoms with E-state index >= 15 is 0 Å². The molecule has 0 unspecified atom stereocenters. The van der Waals surface area contributed by atoms with Crippen molar-refractivity contribution in [3.05, 3.63) is 29.8 Å². The van der Waals surface area contributed by atoms with Crippen LogP contribution in [0.4, 0.5) is 0 Å². The molecule has 4 nitrogen and oxygen atoms in total. The fourth-order valence-corrected chi connectivity index (χ4v) is 1.56. The predicted molar refractivity (Wildman–Crippen MR) is 84.4 cm³/mol. The van der Waals surface area contributed by atoms with Crippen molar-refractivity contribution in [1.29, 1.82) is 0 Å². The van der Waals surface area contributed by atoms with Gasteiger partial charge in [0.2, 0.25) is 0 Å². The van der Waals surface area contributed by atoms with Crippen LogP contribution in [0.5, 0.6) is 5.75 Å². The van der Waals surface area contributed by atoms with Crippen LogP contribution in [0, 0.1) is 11.8 Å². The molecular formula is C17H25NO3. The summed E-state index contributed by atoms with van der Waals surface area (Å²) in [7, 11) is 1.71. The Balaban J connectivity index is 2.24. The highest BCUT2D eigenvalue weighted by atomic mass is 16.5. The number of ether oxygens (including phenoxy) is 3. The molecule has 116 valence electrons. The van der Waals surface area contributed by atoms with Crippen LogP contribution in [-0.4, -0.2) is 39.1 Å². The number of benzene rings is 1. The molecule has 1 aromatic rings. The molecule has 1 rings (SSSR count). The lowest BCUT2D eigenvalue weighted by atomic mass is 10.1. The van der Waals surface area contributed by atoms with Gasteiger partial charge >= 0.3 is 0 Å². The predicted octanol–water partition coefficient (Wildman–Crippen LogP) is 2.21. The third-order valence-electron chi connectivity index (χ3n) is 3.07. The fraction of sp³-hybridized carbons (Fsp3) is 0.529. The summed E-state index contributed by atoms with van der Waals surface area (Å²) in [5, 5.41) is 0. The number of hydrogen-bond donors (Lipinski definition) is 1. The summed E-state index contributed by atoms with van der Waals surface area (Å²) in [5.74, 6) is 6.59. The van der Waals surface area contributed by atoms with Gasteiger partial charge in [-0.3, -0.25) is 0 Å². The summed E-state index contributed by atoms with van der Waals surface area (Å²) in [6, 6.07) is 7.65. The number of nitrogens with two attached hydrogens (primary N) is 1. The van der Waals surface area contributed by atoms with E-state index in [0.717, 1.165) is 17.7 Å². The molecule has 0 radical (unpaired) electrons. The maximum atomic E-state index is 5.63. The van der Waals surface area contributed by atoms with Gasteiger partial charge in [-0.1, -0.05) is 17.9 Å². The van der Waals surface area contributed by atoms with Gasteiger partial charge in [0.15, 0.2) is 0 Å². The third-order valence-corrected chi connectivity index (χ3v) is 3.07. The lowest BCUT2D eigenvalue weighted by Gasteiger charge is -2.22. The molecule has 4 heteroatoms. The van der Waals surface area contributed by atoms with Crippen molar-refractivity contribution in [2.24, 2.45) is 5.73 Å². The molecular weight excluding hydrogens is 266 g/mol. The Kier molecular flexibility index (Phi) is 7.84. The highest BCUT2D eigenvalue weighted by Gasteiger charge is 2.15. The van der Waals surface area contributed by atoms with E-state index in [1.54, 1.807) is 7.11 Å². The molecule has 0 bridgehead atoms. The molecule has 0 aliphatic carbocycles. The van der Waals surface area contributed by atoms with Gasteiger partial charge in [0.05, 0.1) is 18.8 Å². The second-order valence-corrected chi connectivity index (χ2v) is 5.21. The Morgan fingerprint density at radius 2 is 2.00 bits per heavy atom. The third kappa shape index (κ3) is 7.72. The summed E-state index contributed by atoms with van der Waals surface area (Å²) < 4.78 is 16.5. The van der Waals surface area contributed by atoms with Crippen molar-refractivity contribution in [2.75, 3.05) is 33.5 Å². The van der Waals surface area contributed by atoms with Crippen LogP contribution >= 0.6 is 0 Å². The fourth-order valence-electron chi connectivity index (χ4n) is 1.56. The molecule has 0 amide bonds. The largest absolute Gasteiger partial charge is 0.491 e. The molecule has 0 aliphatic heterocycles. The zero-order valence-electron chi connectivity index (χ0n) is 13.1. The van der Waals surface area contributed by atoms with Gasteiger partial charge in [0, 0.05) is 19.3 Å². The van der Waals surface area contributed by atoms with Crippen molar-refractivity contribution in [3.63, 3.8) is 0 Å². The Morgan fingerprint density at radius 1 is 1.19 bits per heavy atom. The lowest BCUT2D eigenvalue weighted by molar-refractivity contribution is -0.0128. The van der Waals surface area contributed by atoms with Crippen LogP contribution < -0.4 is 10.5 Å². The van der Waals surface area contributed by atoms with E-state index in [2.05, 4.69) is 11.8 Å². The first-order chi connectivity index (χ1) is 10.1. The summed E-state index contributed by atoms with van der Waals surface area (Å²) in [5.41, 5.74) is 6.11. The van der Waals surface area contributed by atoms with Gasteiger partial charge in [-0.05, 0) is 38.5 Å². The first-order valence-corrected chi connectivity index (χ1v) is 7.12. The quantitative estimate of drug-likeness (QED) is 0.589. The van der Waals surface area contributed by atoms with Crippen LogP contribution in [0.2, 0.25) is 0 Å². The molecule has 1 aromatic carbocycles. The van der Waals surface area contributed by atoms with Crippen molar-refractivity contribution in [1.82, 2.24) is 0 Å². The minimum absolute atomic E-state index is 0.142. The monoisotopic (exact) mass is 291 g/mol. The smallest absolute Gasteiger partial charge is 0.120 e. The molecule has 0 aliphatic rings. The summed E-state index contributed by atoms with van der Waals surface area (Å²) >= 11 is 0. The molecule has 2 N–H and O–H groups in total. The van der Waals surface area contributed by atoms with E-state index < -0.39 is 0 Å². The van der Waals surface area contributed by atoms with E-state index in [-0.39, 0.29) is 5.60 Å². The van der Waals surface area contributed by atoms with Crippen molar-refractivity contribution in [3.8, 4) is 17.6 Å². The summed E-state index contributed by atoms with van der Waals surface area (Å²) in [6.45, 7) is 6.17. The van der Waals surface area contributed by atoms with E-state index in [0.29, 0.717) is 26.4 Å². The molecule has 0 aromatic heterocycles. The Morgan fingerprint density at radius 3 is 2.71 bits per heavy atom. The van der Waals surface area contributed by atoms with Crippen LogP contribution in [-0.2, 0) is 9.47 Å². The van der Waals surface area contributed by atoms with Crippen LogP contribution in [0.3, 0.4) is 0 Å². The second kappa shape index (κ2) is 9.41. The number of rotatable bonds is 8. The second-order valence-electron chi connectivity index (χ2n) is 5.21. The van der Waals surface area contributed by atoms with Gasteiger partial charge in [-0.15, -0.1) is 0 Å². The highest BCUT2D eigenvalue weighted by molar-refractivity contribution is 5.39. The van der Waals surface area contributed by atoms with Gasteiger partial charge in [-0.25, -0.2) is 0 Å². The maximum absolute atomic E-state index is 5.63. The van der Waals surface area contributed by atoms with Crippen molar-refractivity contribution in [2.45, 2.75) is 25.9 Å². The van der Waals surface area contributed by atoms with Gasteiger partial charge in [0.1, 0.15) is 12.4 Å². The lowest BCUT2D eigenvalue weighted by Crippen LogP contribution is -2.24. The Hall–Kier alpha value is -1.54. The van der Waals surface area contributed by atoms with Gasteiger partial charge in [0.25, 0.3) is 0 Å². The zero-order valence-corrected chi connectivity index (χ0v) is 13.1. The number of methoxy groups -OCH3 is 1. The molecule has 0 spiro atoms. The van der Waals surface area contributed by atoms with E-state index in [4.69, 9.17) is 19.9 Å². The standard InChI is InChI=1S/C17H25NO3/c1-17(2,19-3)9-11-20-12-13-21-16-8-4-6-15(14-16)7-5-10-18/h4,6,8,14H,9-13,18H2,1-3H3. The Bertz CT molecular complexity index is 474. The average molecular weight is 291 g/mol. The normalized spacial score (nSPS) is 10.9. The maximum Gasteiger partial charge on any atom is 0.120 e. The van der Waals surface area contributed by atoms with Crippen LogP contribution in [0.25, 0.3) is 0 Å². The van der Waals surface area contributed by atoms with Crippen LogP contribution in [0.15, 0.2) is 24.3 Å². The minimum atomic E-state index is -0.142. The molecule has 0 fully saturated rings. The molecule has 0 heterocycles. The van der Waals surface area contributed by atoms with E-state index in [9.17, 15) is 0 Å². The van der Waals surface area contributed by atoms with Crippen molar-refractivity contribution < 1.29 is 14.2 Å². The molecule has 0 atom stereocenters. The minimum Gasteiger partial charge on any atom is -0.491 e. The van der Waals surface area contributed by atoms with Gasteiger partial charge in [-0.2, -0.15) is 0 Å². The summed E-state index contributed by atoms with van der Waals surface area (Å²) in [6.07, 6.45) is 0.855. The molecule has 0 saturated heterocycles. The molecule has 0 saturated carbocycles. The zero-order chi connectivity index (χ0) is 15.6. The van der Waals surface area contributed by atoms with Crippen molar-refractivity contribution >= 4 is 0 Å². The number of hydrogen-bond acceptors (Lipinski definition) is 4.